The van der Waals surface area contributed by atoms with E-state index in [1.165, 1.54) is 16.7 Å². The molecule has 0 spiro atoms. The summed E-state index contributed by atoms with van der Waals surface area (Å²) in [5.74, 6) is 0.689. The van der Waals surface area contributed by atoms with E-state index in [2.05, 4.69) is 39.6 Å². The van der Waals surface area contributed by atoms with Crippen LogP contribution in [0.1, 0.15) is 34.6 Å². The van der Waals surface area contributed by atoms with E-state index in [0.717, 1.165) is 15.1 Å². The summed E-state index contributed by atoms with van der Waals surface area (Å²) >= 11 is -3.81. The molecule has 26 heavy (non-hydrogen) atoms. The van der Waals surface area contributed by atoms with Crippen LogP contribution in [0, 0.1) is 5.41 Å². The van der Waals surface area contributed by atoms with Crippen LogP contribution in [0.15, 0.2) is 69.3 Å². The van der Waals surface area contributed by atoms with Crippen LogP contribution in [0.3, 0.4) is 0 Å². The number of aromatic nitrogens is 1. The van der Waals surface area contributed by atoms with E-state index < -0.39 is 14.9 Å². The summed E-state index contributed by atoms with van der Waals surface area (Å²) in [6.45, 7) is 10.7. The third-order valence-electron chi connectivity index (χ3n) is 5.42. The first-order valence-corrected chi connectivity index (χ1v) is 14.3. The number of hydrogen-bond acceptors (Lipinski definition) is 2. The number of pyridine rings is 1. The monoisotopic (exact) mass is 423 g/mol. The van der Waals surface area contributed by atoms with Crippen molar-refractivity contribution in [2.45, 2.75) is 34.6 Å². The molecule has 1 aromatic carbocycles. The summed E-state index contributed by atoms with van der Waals surface area (Å²) in [6.07, 6.45) is 1.77. The molecule has 0 atom stereocenters. The van der Waals surface area contributed by atoms with E-state index in [1.54, 1.807) is 6.20 Å². The maximum atomic E-state index is 6.97. The van der Waals surface area contributed by atoms with Gasteiger partial charge in [0.25, 0.3) is 0 Å². The molecule has 0 N–H and O–H groups in total. The SMILES string of the molecule is CC1=C(C)C(C)(C)[C]([Ti]([Cl])([Cl])[O]c2ccccc2-c2ccccn2)=C1C. The predicted molar refractivity (Wildman–Crippen MR) is 107 cm³/mol. The standard InChI is InChI=1S/C11H9NO.C10H15.2ClH.Ti/c13-11-7-2-1-5-9(11)10-6-3-4-8-12-10;1-7-6-10(4,5)9(3)8(7)2;;;/h1-8,13H;1-5H3;2*1H;/q;;;;+3/p-3. The molecule has 0 unspecified atom stereocenters. The van der Waals surface area contributed by atoms with Crippen molar-refractivity contribution in [2.75, 3.05) is 0 Å². The summed E-state index contributed by atoms with van der Waals surface area (Å²) in [5, 5.41) is 0. The molecular weight excluding hydrogens is 401 g/mol. The van der Waals surface area contributed by atoms with Crippen LogP contribution in [-0.4, -0.2) is 4.98 Å². The number of rotatable bonds is 4. The molecule has 1 aliphatic carbocycles. The van der Waals surface area contributed by atoms with Crippen LogP contribution in [0.25, 0.3) is 11.3 Å². The first kappa shape index (κ1) is 19.7. The fourth-order valence-electron chi connectivity index (χ4n) is 3.65. The van der Waals surface area contributed by atoms with Crippen molar-refractivity contribution in [3.63, 3.8) is 0 Å². The second-order valence-corrected chi connectivity index (χ2v) is 15.1. The zero-order chi connectivity index (χ0) is 19.1. The van der Waals surface area contributed by atoms with Gasteiger partial charge in [0.15, 0.2) is 0 Å². The van der Waals surface area contributed by atoms with Crippen molar-refractivity contribution in [1.29, 1.82) is 0 Å². The Morgan fingerprint density at radius 1 is 0.923 bits per heavy atom. The Morgan fingerprint density at radius 2 is 1.58 bits per heavy atom. The second kappa shape index (κ2) is 7.16. The molecule has 0 saturated heterocycles. The minimum atomic E-state index is -3.81. The molecule has 0 bridgehead atoms. The summed E-state index contributed by atoms with van der Waals surface area (Å²) < 4.78 is 7.44. The van der Waals surface area contributed by atoms with Gasteiger partial charge in [0.1, 0.15) is 0 Å². The van der Waals surface area contributed by atoms with Gasteiger partial charge in [-0.2, -0.15) is 0 Å². The van der Waals surface area contributed by atoms with Crippen molar-refractivity contribution in [1.82, 2.24) is 4.98 Å². The molecular formula is C21H23Cl2NOTi. The number of benzene rings is 1. The molecule has 5 heteroatoms. The summed E-state index contributed by atoms with van der Waals surface area (Å²) in [7, 11) is 13.9. The first-order valence-electron chi connectivity index (χ1n) is 8.63. The van der Waals surface area contributed by atoms with Gasteiger partial charge in [-0.05, 0) is 0 Å². The van der Waals surface area contributed by atoms with E-state index in [-0.39, 0.29) is 5.41 Å². The van der Waals surface area contributed by atoms with Crippen LogP contribution >= 0.6 is 18.6 Å². The van der Waals surface area contributed by atoms with Gasteiger partial charge in [-0.15, -0.1) is 0 Å². The van der Waals surface area contributed by atoms with Gasteiger partial charge in [0, 0.05) is 0 Å². The molecule has 0 radical (unpaired) electrons. The third-order valence-corrected chi connectivity index (χ3v) is 10.8. The molecule has 1 aliphatic rings. The molecule has 0 amide bonds. The van der Waals surface area contributed by atoms with Crippen LogP contribution in [0.4, 0.5) is 0 Å². The van der Waals surface area contributed by atoms with E-state index in [9.17, 15) is 0 Å². The summed E-state index contributed by atoms with van der Waals surface area (Å²) in [5.41, 5.74) is 5.31. The quantitative estimate of drug-likeness (QED) is 0.486. The molecule has 1 aromatic heterocycles. The summed E-state index contributed by atoms with van der Waals surface area (Å²) in [4.78, 5) is 4.44. The van der Waals surface area contributed by atoms with Gasteiger partial charge in [-0.3, -0.25) is 0 Å². The van der Waals surface area contributed by atoms with E-state index in [4.69, 9.17) is 21.9 Å². The number of hydrogen-bond donors (Lipinski definition) is 0. The third kappa shape index (κ3) is 3.41. The van der Waals surface area contributed by atoms with Gasteiger partial charge < -0.3 is 0 Å². The number of allylic oxidation sites excluding steroid dienone is 4. The molecule has 2 aromatic rings. The molecule has 136 valence electrons. The molecule has 1 heterocycles. The fraction of sp³-hybridized carbons (Fsp3) is 0.286. The Bertz CT molecular complexity index is 901. The maximum absolute atomic E-state index is 6.97. The Labute approximate surface area is 167 Å². The Hall–Kier alpha value is -1.06. The molecule has 2 nitrogen and oxygen atoms in total. The van der Waals surface area contributed by atoms with Gasteiger partial charge in [0.2, 0.25) is 0 Å². The van der Waals surface area contributed by atoms with Crippen LogP contribution < -0.4 is 3.32 Å². The Balaban J connectivity index is 2.03. The van der Waals surface area contributed by atoms with Gasteiger partial charge >= 0.3 is 168 Å². The zero-order valence-electron chi connectivity index (χ0n) is 15.7. The minimum absolute atomic E-state index is 0.183. The predicted octanol–water partition coefficient (Wildman–Crippen LogP) is 7.15. The van der Waals surface area contributed by atoms with Crippen LogP contribution in [-0.2, 0) is 14.9 Å². The molecule has 0 aliphatic heterocycles. The van der Waals surface area contributed by atoms with Gasteiger partial charge in [0.05, 0.1) is 0 Å². The fourth-order valence-corrected chi connectivity index (χ4v) is 10.7. The summed E-state index contributed by atoms with van der Waals surface area (Å²) in [6, 6.07) is 13.6. The van der Waals surface area contributed by atoms with E-state index >= 15 is 0 Å². The van der Waals surface area contributed by atoms with Crippen molar-refractivity contribution in [3.8, 4) is 17.0 Å². The number of para-hydroxylation sites is 1. The molecule has 3 rings (SSSR count). The van der Waals surface area contributed by atoms with Crippen LogP contribution in [0.5, 0.6) is 5.75 Å². The second-order valence-electron chi connectivity index (χ2n) is 7.20. The van der Waals surface area contributed by atoms with Crippen LogP contribution in [0.2, 0.25) is 0 Å². The average Bonchev–Trinajstić information content (AvgIpc) is 2.75. The first-order chi connectivity index (χ1) is 12.2. The van der Waals surface area contributed by atoms with Crippen molar-refractivity contribution >= 4 is 18.6 Å². The van der Waals surface area contributed by atoms with Crippen molar-refractivity contribution < 1.29 is 18.2 Å². The van der Waals surface area contributed by atoms with Crippen molar-refractivity contribution in [2.24, 2.45) is 5.41 Å². The Kier molecular flexibility index (Phi) is 5.43. The normalized spacial score (nSPS) is 17.0. The topological polar surface area (TPSA) is 22.1 Å². The number of halogens is 2. The number of nitrogens with zero attached hydrogens (tertiary/aromatic N) is 1. The van der Waals surface area contributed by atoms with E-state index in [1.807, 2.05) is 42.5 Å². The van der Waals surface area contributed by atoms with Crippen molar-refractivity contribution in [3.05, 3.63) is 69.3 Å². The molecule has 0 fully saturated rings. The van der Waals surface area contributed by atoms with Gasteiger partial charge in [-0.25, -0.2) is 0 Å². The average molecular weight is 424 g/mol. The van der Waals surface area contributed by atoms with E-state index in [0.29, 0.717) is 5.75 Å². The molecule has 0 saturated carbocycles. The zero-order valence-corrected chi connectivity index (χ0v) is 18.8. The Morgan fingerprint density at radius 3 is 2.15 bits per heavy atom. The van der Waals surface area contributed by atoms with Gasteiger partial charge in [-0.1, -0.05) is 0 Å².